The Labute approximate surface area is 93.7 Å². The van der Waals surface area contributed by atoms with Gasteiger partial charge in [0, 0.05) is 13.1 Å². The molecule has 1 amide bonds. The summed E-state index contributed by atoms with van der Waals surface area (Å²) in [5.74, 6) is 1.29. The third-order valence-corrected chi connectivity index (χ3v) is 2.77. The van der Waals surface area contributed by atoms with E-state index in [0.717, 1.165) is 5.82 Å². The Bertz CT molecular complexity index is 369. The maximum absolute atomic E-state index is 11.8. The second kappa shape index (κ2) is 4.61. The number of H-pyrrole nitrogens is 1. The number of carbonyl (C=O) groups excluding carboxylic acids is 1. The molecule has 88 valence electrons. The average Bonchev–Trinajstić information content (AvgIpc) is 2.65. The van der Waals surface area contributed by atoms with Crippen LogP contribution in [0.3, 0.4) is 0 Å². The lowest BCUT2D eigenvalue weighted by Gasteiger charge is -2.29. The Balaban J connectivity index is 1.88. The summed E-state index contributed by atoms with van der Waals surface area (Å²) in [4.78, 5) is 17.7. The lowest BCUT2D eigenvalue weighted by molar-refractivity contribution is -0.132. The quantitative estimate of drug-likeness (QED) is 0.718. The number of aliphatic hydroxyl groups is 1. The van der Waals surface area contributed by atoms with E-state index >= 15 is 0 Å². The molecule has 1 aromatic rings. The highest BCUT2D eigenvalue weighted by Crippen LogP contribution is 2.11. The van der Waals surface area contributed by atoms with Gasteiger partial charge in [0.25, 0.3) is 0 Å². The first-order valence-corrected chi connectivity index (χ1v) is 5.49. The van der Waals surface area contributed by atoms with E-state index in [-0.39, 0.29) is 18.4 Å². The molecule has 1 aliphatic heterocycles. The Morgan fingerprint density at radius 1 is 1.56 bits per heavy atom. The fourth-order valence-corrected chi connectivity index (χ4v) is 1.83. The van der Waals surface area contributed by atoms with Gasteiger partial charge in [-0.25, -0.2) is 4.98 Å². The Morgan fingerprint density at radius 2 is 2.25 bits per heavy atom. The molecule has 2 heterocycles. The third-order valence-electron chi connectivity index (χ3n) is 2.77. The van der Waals surface area contributed by atoms with Crippen LogP contribution in [-0.2, 0) is 11.2 Å². The number of nitrogens with one attached hydrogen (secondary N) is 1. The van der Waals surface area contributed by atoms with Crippen LogP contribution in [0.15, 0.2) is 0 Å². The van der Waals surface area contributed by atoms with Crippen LogP contribution in [0.4, 0.5) is 0 Å². The van der Waals surface area contributed by atoms with Crippen molar-refractivity contribution in [1.29, 1.82) is 0 Å². The zero-order chi connectivity index (χ0) is 11.5. The van der Waals surface area contributed by atoms with Crippen LogP contribution in [-0.4, -0.2) is 50.3 Å². The number of aromatic nitrogens is 3. The summed E-state index contributed by atoms with van der Waals surface area (Å²) in [6, 6.07) is 0. The van der Waals surface area contributed by atoms with Gasteiger partial charge in [0.05, 0.1) is 12.5 Å². The first-order chi connectivity index (χ1) is 7.65. The first-order valence-electron chi connectivity index (χ1n) is 5.49. The average molecular weight is 224 g/mol. The highest BCUT2D eigenvalue weighted by atomic mass is 16.3. The van der Waals surface area contributed by atoms with E-state index in [4.69, 9.17) is 0 Å². The smallest absolute Gasteiger partial charge is 0.230 e. The van der Waals surface area contributed by atoms with Crippen LogP contribution < -0.4 is 0 Å². The van der Waals surface area contributed by atoms with Crippen molar-refractivity contribution in [2.75, 3.05) is 13.1 Å². The minimum atomic E-state index is -0.255. The number of nitrogens with zero attached hydrogens (tertiary/aromatic N) is 3. The number of amides is 1. The van der Waals surface area contributed by atoms with Crippen molar-refractivity contribution in [2.45, 2.75) is 32.3 Å². The zero-order valence-corrected chi connectivity index (χ0v) is 9.31. The summed E-state index contributed by atoms with van der Waals surface area (Å²) in [7, 11) is 0. The van der Waals surface area contributed by atoms with Crippen LogP contribution >= 0.6 is 0 Å². The lowest BCUT2D eigenvalue weighted by Crippen LogP contribution is -2.40. The van der Waals surface area contributed by atoms with E-state index in [2.05, 4.69) is 15.2 Å². The summed E-state index contributed by atoms with van der Waals surface area (Å²) in [5.41, 5.74) is 0. The van der Waals surface area contributed by atoms with Crippen molar-refractivity contribution in [3.8, 4) is 0 Å². The maximum Gasteiger partial charge on any atom is 0.230 e. The number of aliphatic hydroxyl groups excluding tert-OH is 1. The molecule has 16 heavy (non-hydrogen) atoms. The van der Waals surface area contributed by atoms with E-state index in [1.165, 1.54) is 0 Å². The summed E-state index contributed by atoms with van der Waals surface area (Å²) < 4.78 is 0. The SMILES string of the molecule is Cc1nc(CC(=O)N2CCC(O)CC2)n[nH]1. The number of hydrogen-bond donors (Lipinski definition) is 2. The molecule has 2 N–H and O–H groups in total. The highest BCUT2D eigenvalue weighted by Gasteiger charge is 2.22. The summed E-state index contributed by atoms with van der Waals surface area (Å²) >= 11 is 0. The van der Waals surface area contributed by atoms with E-state index in [0.29, 0.717) is 31.8 Å². The summed E-state index contributed by atoms with van der Waals surface area (Å²) in [6.07, 6.45) is 1.31. The molecule has 1 aromatic heterocycles. The number of aromatic amines is 1. The van der Waals surface area contributed by atoms with Gasteiger partial charge in [-0.2, -0.15) is 5.10 Å². The van der Waals surface area contributed by atoms with Crippen molar-refractivity contribution in [1.82, 2.24) is 20.1 Å². The number of piperidine rings is 1. The standard InChI is InChI=1S/C10H16N4O2/c1-7-11-9(13-12-7)6-10(16)14-4-2-8(15)3-5-14/h8,15H,2-6H2,1H3,(H,11,12,13). The van der Waals surface area contributed by atoms with Gasteiger partial charge in [-0.05, 0) is 19.8 Å². The fraction of sp³-hybridized carbons (Fsp3) is 0.700. The lowest BCUT2D eigenvalue weighted by atomic mass is 10.1. The fourth-order valence-electron chi connectivity index (χ4n) is 1.83. The monoisotopic (exact) mass is 224 g/mol. The van der Waals surface area contributed by atoms with Crippen molar-refractivity contribution >= 4 is 5.91 Å². The molecule has 0 spiro atoms. The van der Waals surface area contributed by atoms with E-state index in [1.807, 2.05) is 0 Å². The number of hydrogen-bond acceptors (Lipinski definition) is 4. The van der Waals surface area contributed by atoms with Crippen LogP contribution in [0.25, 0.3) is 0 Å². The maximum atomic E-state index is 11.8. The molecule has 1 aliphatic rings. The molecule has 1 fully saturated rings. The molecule has 6 nitrogen and oxygen atoms in total. The van der Waals surface area contributed by atoms with E-state index in [1.54, 1.807) is 11.8 Å². The molecule has 0 radical (unpaired) electrons. The van der Waals surface area contributed by atoms with Crippen molar-refractivity contribution in [2.24, 2.45) is 0 Å². The van der Waals surface area contributed by atoms with Gasteiger partial charge in [-0.15, -0.1) is 0 Å². The molecule has 0 atom stereocenters. The van der Waals surface area contributed by atoms with Crippen LogP contribution in [0, 0.1) is 6.92 Å². The number of rotatable bonds is 2. The van der Waals surface area contributed by atoms with Gasteiger partial charge in [-0.1, -0.05) is 0 Å². The zero-order valence-electron chi connectivity index (χ0n) is 9.31. The van der Waals surface area contributed by atoms with Gasteiger partial charge < -0.3 is 10.0 Å². The van der Waals surface area contributed by atoms with Crippen molar-refractivity contribution in [3.63, 3.8) is 0 Å². The van der Waals surface area contributed by atoms with Crippen LogP contribution in [0.5, 0.6) is 0 Å². The Kier molecular flexibility index (Phi) is 3.19. The second-order valence-corrected chi connectivity index (χ2v) is 4.13. The molecular formula is C10H16N4O2. The molecule has 2 rings (SSSR count). The Hall–Kier alpha value is -1.43. The third kappa shape index (κ3) is 2.57. The summed E-state index contributed by atoms with van der Waals surface area (Å²) in [5, 5.41) is 16.0. The van der Waals surface area contributed by atoms with E-state index in [9.17, 15) is 9.90 Å². The van der Waals surface area contributed by atoms with Crippen LogP contribution in [0.2, 0.25) is 0 Å². The van der Waals surface area contributed by atoms with Crippen LogP contribution in [0.1, 0.15) is 24.5 Å². The molecule has 0 saturated carbocycles. The molecule has 1 saturated heterocycles. The molecular weight excluding hydrogens is 208 g/mol. The summed E-state index contributed by atoms with van der Waals surface area (Å²) in [6.45, 7) is 3.06. The van der Waals surface area contributed by atoms with Crippen molar-refractivity contribution < 1.29 is 9.90 Å². The normalized spacial score (nSPS) is 17.8. The van der Waals surface area contributed by atoms with Gasteiger partial charge >= 0.3 is 0 Å². The molecule has 0 aliphatic carbocycles. The molecule has 0 bridgehead atoms. The van der Waals surface area contributed by atoms with Crippen molar-refractivity contribution in [3.05, 3.63) is 11.6 Å². The number of aryl methyl sites for hydroxylation is 1. The minimum absolute atomic E-state index is 0.0332. The first kappa shape index (κ1) is 11.1. The Morgan fingerprint density at radius 3 is 2.81 bits per heavy atom. The minimum Gasteiger partial charge on any atom is -0.393 e. The molecule has 0 aromatic carbocycles. The highest BCUT2D eigenvalue weighted by molar-refractivity contribution is 5.78. The van der Waals surface area contributed by atoms with E-state index < -0.39 is 0 Å². The predicted octanol–water partition coefficient (Wildman–Crippen LogP) is -0.361. The van der Waals surface area contributed by atoms with Gasteiger partial charge in [0.2, 0.25) is 5.91 Å². The number of carbonyl (C=O) groups is 1. The molecule has 0 unspecified atom stereocenters. The van der Waals surface area contributed by atoms with Gasteiger partial charge in [0.1, 0.15) is 5.82 Å². The predicted molar refractivity (Wildman–Crippen MR) is 56.6 cm³/mol. The van der Waals surface area contributed by atoms with Gasteiger partial charge in [0.15, 0.2) is 5.82 Å². The second-order valence-electron chi connectivity index (χ2n) is 4.13. The molecule has 6 heteroatoms. The number of likely N-dealkylation sites (tertiary alicyclic amines) is 1. The largest absolute Gasteiger partial charge is 0.393 e. The van der Waals surface area contributed by atoms with Gasteiger partial charge in [-0.3, -0.25) is 9.89 Å². The topological polar surface area (TPSA) is 82.1 Å².